The third kappa shape index (κ3) is 2.17. The number of nitrogens with two attached hydrogens (primary N) is 1. The van der Waals surface area contributed by atoms with Crippen LogP contribution in [0.5, 0.6) is 0 Å². The molecule has 0 amide bonds. The molecule has 2 aromatic heterocycles. The summed E-state index contributed by atoms with van der Waals surface area (Å²) in [5.41, 5.74) is 7.95. The van der Waals surface area contributed by atoms with Crippen LogP contribution in [0.15, 0.2) is 21.7 Å². The summed E-state index contributed by atoms with van der Waals surface area (Å²) in [7, 11) is 0. The first kappa shape index (κ1) is 16.0. The fourth-order valence-corrected chi connectivity index (χ4v) is 5.43. The van der Waals surface area contributed by atoms with Gasteiger partial charge in [0.15, 0.2) is 0 Å². The lowest BCUT2D eigenvalue weighted by molar-refractivity contribution is 0.630. The van der Waals surface area contributed by atoms with E-state index < -0.39 is 17.1 Å². The zero-order chi connectivity index (χ0) is 18.2. The molecule has 26 heavy (non-hydrogen) atoms. The number of nitrogens with one attached hydrogen (secondary N) is 1. The molecule has 134 valence electrons. The third-order valence-corrected chi connectivity index (χ3v) is 6.73. The SMILES string of the molecule is Cc1c(-c2cc3c(s2)CCC3N)c(F)cc2c(=O)[nH]c(=O)n(C3CC3)c12. The molecular formula is C19H18FN3O2S. The molecule has 0 bridgehead atoms. The van der Waals surface area contributed by atoms with Gasteiger partial charge in [-0.3, -0.25) is 14.3 Å². The molecule has 1 fully saturated rings. The van der Waals surface area contributed by atoms with Gasteiger partial charge in [0.1, 0.15) is 5.82 Å². The zero-order valence-corrected chi connectivity index (χ0v) is 15.1. The lowest BCUT2D eigenvalue weighted by Crippen LogP contribution is -2.30. The van der Waals surface area contributed by atoms with Crippen molar-refractivity contribution in [2.24, 2.45) is 5.73 Å². The molecule has 5 rings (SSSR count). The molecule has 5 nitrogen and oxygen atoms in total. The number of nitrogens with zero attached hydrogens (tertiary/aromatic N) is 1. The number of benzene rings is 1. The molecule has 0 saturated heterocycles. The van der Waals surface area contributed by atoms with E-state index in [-0.39, 0.29) is 17.5 Å². The predicted molar refractivity (Wildman–Crippen MR) is 100 cm³/mol. The predicted octanol–water partition coefficient (Wildman–Crippen LogP) is 3.15. The van der Waals surface area contributed by atoms with Gasteiger partial charge in [0.25, 0.3) is 5.56 Å². The van der Waals surface area contributed by atoms with Gasteiger partial charge in [-0.05, 0) is 55.9 Å². The third-order valence-electron chi connectivity index (χ3n) is 5.50. The normalized spacial score (nSPS) is 19.3. The molecule has 2 aliphatic carbocycles. The molecule has 0 aliphatic heterocycles. The summed E-state index contributed by atoms with van der Waals surface area (Å²) in [5.74, 6) is -0.435. The van der Waals surface area contributed by atoms with E-state index in [1.165, 1.54) is 10.9 Å². The summed E-state index contributed by atoms with van der Waals surface area (Å²) >= 11 is 1.56. The number of aryl methyl sites for hydroxylation is 2. The first-order valence-electron chi connectivity index (χ1n) is 8.82. The Bertz CT molecular complexity index is 1190. The van der Waals surface area contributed by atoms with Crippen LogP contribution >= 0.6 is 11.3 Å². The topological polar surface area (TPSA) is 80.9 Å². The maximum Gasteiger partial charge on any atom is 0.329 e. The van der Waals surface area contributed by atoms with Crippen LogP contribution in [0.3, 0.4) is 0 Å². The molecule has 2 heterocycles. The molecule has 2 aliphatic rings. The number of aromatic amines is 1. The van der Waals surface area contributed by atoms with E-state index in [4.69, 9.17) is 5.73 Å². The summed E-state index contributed by atoms with van der Waals surface area (Å²) in [6.45, 7) is 1.79. The molecule has 7 heteroatoms. The molecule has 3 N–H and O–H groups in total. The number of halogens is 1. The van der Waals surface area contributed by atoms with Crippen molar-refractivity contribution in [3.63, 3.8) is 0 Å². The number of thiophene rings is 1. The molecule has 0 radical (unpaired) electrons. The Morgan fingerprint density at radius 2 is 2.04 bits per heavy atom. The van der Waals surface area contributed by atoms with Gasteiger partial charge < -0.3 is 5.73 Å². The van der Waals surface area contributed by atoms with Crippen molar-refractivity contribution < 1.29 is 4.39 Å². The number of H-pyrrole nitrogens is 1. The van der Waals surface area contributed by atoms with Gasteiger partial charge in [0.05, 0.1) is 10.9 Å². The molecule has 1 atom stereocenters. The summed E-state index contributed by atoms with van der Waals surface area (Å²) < 4.78 is 16.6. The fourth-order valence-electron chi connectivity index (χ4n) is 4.08. The average molecular weight is 371 g/mol. The van der Waals surface area contributed by atoms with E-state index in [2.05, 4.69) is 4.98 Å². The standard InChI is InChI=1S/C19H18FN3O2S/c1-8-16(15-7-10-13(21)4-5-14(10)26-15)12(20)6-11-17(8)23(9-2-3-9)19(25)22-18(11)24/h6-7,9,13H,2-5,21H2,1H3,(H,22,24,25). The quantitative estimate of drug-likeness (QED) is 0.726. The molecule has 1 unspecified atom stereocenters. The highest BCUT2D eigenvalue weighted by atomic mass is 32.1. The highest BCUT2D eigenvalue weighted by molar-refractivity contribution is 7.15. The van der Waals surface area contributed by atoms with Crippen LogP contribution in [-0.2, 0) is 6.42 Å². The van der Waals surface area contributed by atoms with Crippen molar-refractivity contribution in [3.8, 4) is 10.4 Å². The summed E-state index contributed by atoms with van der Waals surface area (Å²) in [4.78, 5) is 29.0. The highest BCUT2D eigenvalue weighted by Crippen LogP contribution is 2.44. The van der Waals surface area contributed by atoms with Gasteiger partial charge in [-0.1, -0.05) is 0 Å². The van der Waals surface area contributed by atoms with Crippen molar-refractivity contribution >= 4 is 22.2 Å². The van der Waals surface area contributed by atoms with Gasteiger partial charge in [-0.15, -0.1) is 11.3 Å². The number of hydrogen-bond donors (Lipinski definition) is 2. The highest BCUT2D eigenvalue weighted by Gasteiger charge is 2.30. The molecule has 0 spiro atoms. The van der Waals surface area contributed by atoms with Gasteiger partial charge >= 0.3 is 5.69 Å². The van der Waals surface area contributed by atoms with Gasteiger partial charge in [-0.25, -0.2) is 9.18 Å². The van der Waals surface area contributed by atoms with Crippen molar-refractivity contribution in [1.82, 2.24) is 9.55 Å². The van der Waals surface area contributed by atoms with Gasteiger partial charge in [0.2, 0.25) is 0 Å². The van der Waals surface area contributed by atoms with Crippen molar-refractivity contribution in [1.29, 1.82) is 0 Å². The Morgan fingerprint density at radius 3 is 2.73 bits per heavy atom. The van der Waals surface area contributed by atoms with Crippen LogP contribution in [0.25, 0.3) is 21.3 Å². The van der Waals surface area contributed by atoms with E-state index >= 15 is 0 Å². The number of rotatable bonds is 2. The van der Waals surface area contributed by atoms with Gasteiger partial charge in [0, 0.05) is 27.4 Å². The van der Waals surface area contributed by atoms with Crippen LogP contribution in [0.1, 0.15) is 47.4 Å². The van der Waals surface area contributed by atoms with Crippen LogP contribution in [0, 0.1) is 12.7 Å². The second-order valence-corrected chi connectivity index (χ2v) is 8.39. The van der Waals surface area contributed by atoms with Crippen molar-refractivity contribution in [2.45, 2.75) is 44.7 Å². The first-order chi connectivity index (χ1) is 12.5. The second-order valence-electron chi connectivity index (χ2n) is 7.25. The molecule has 3 aromatic rings. The minimum absolute atomic E-state index is 0.00585. The molecule has 1 aromatic carbocycles. The Hall–Kier alpha value is -2.25. The van der Waals surface area contributed by atoms with E-state index in [0.717, 1.165) is 36.1 Å². The van der Waals surface area contributed by atoms with Crippen LogP contribution in [0.2, 0.25) is 0 Å². The Morgan fingerprint density at radius 1 is 1.27 bits per heavy atom. The van der Waals surface area contributed by atoms with Crippen LogP contribution in [0.4, 0.5) is 4.39 Å². The van der Waals surface area contributed by atoms with Crippen LogP contribution < -0.4 is 17.0 Å². The zero-order valence-electron chi connectivity index (χ0n) is 14.3. The van der Waals surface area contributed by atoms with E-state index in [1.807, 2.05) is 6.07 Å². The lowest BCUT2D eigenvalue weighted by Gasteiger charge is -2.14. The van der Waals surface area contributed by atoms with E-state index in [9.17, 15) is 14.0 Å². The van der Waals surface area contributed by atoms with Crippen molar-refractivity contribution in [3.05, 3.63) is 54.8 Å². The average Bonchev–Trinajstić information content (AvgIpc) is 3.24. The lowest BCUT2D eigenvalue weighted by atomic mass is 10.0. The monoisotopic (exact) mass is 371 g/mol. The van der Waals surface area contributed by atoms with E-state index in [0.29, 0.717) is 16.6 Å². The summed E-state index contributed by atoms with van der Waals surface area (Å²) in [5, 5.41) is 0.232. The van der Waals surface area contributed by atoms with Gasteiger partial charge in [-0.2, -0.15) is 0 Å². The minimum atomic E-state index is -0.536. The number of fused-ring (bicyclic) bond motifs is 2. The summed E-state index contributed by atoms with van der Waals surface area (Å²) in [6.07, 6.45) is 3.64. The largest absolute Gasteiger partial charge is 0.329 e. The Labute approximate surface area is 152 Å². The fraction of sp³-hybridized carbons (Fsp3) is 0.368. The molecule has 1 saturated carbocycles. The summed E-state index contributed by atoms with van der Waals surface area (Å²) in [6, 6.07) is 3.33. The number of hydrogen-bond acceptors (Lipinski definition) is 4. The minimum Gasteiger partial charge on any atom is -0.324 e. The Balaban J connectivity index is 1.84. The van der Waals surface area contributed by atoms with Crippen LogP contribution in [-0.4, -0.2) is 9.55 Å². The Kier molecular flexibility index (Phi) is 3.30. The van der Waals surface area contributed by atoms with E-state index in [1.54, 1.807) is 22.8 Å². The molecular weight excluding hydrogens is 353 g/mol. The van der Waals surface area contributed by atoms with Crippen molar-refractivity contribution in [2.75, 3.05) is 0 Å². The maximum atomic E-state index is 15.0. The first-order valence-corrected chi connectivity index (χ1v) is 9.63. The maximum absolute atomic E-state index is 15.0. The second kappa shape index (κ2) is 5.37. The smallest absolute Gasteiger partial charge is 0.324 e. The number of aromatic nitrogens is 2.